The molecule has 0 amide bonds. The summed E-state index contributed by atoms with van der Waals surface area (Å²) in [5.41, 5.74) is 2.31. The highest BCUT2D eigenvalue weighted by Crippen LogP contribution is 2.13. The molecule has 0 fully saturated rings. The fraction of sp³-hybridized carbons (Fsp3) is 0.231. The summed E-state index contributed by atoms with van der Waals surface area (Å²) < 4.78 is 1.09. The van der Waals surface area contributed by atoms with Crippen LogP contribution in [0, 0.1) is 0 Å². The topological polar surface area (TPSA) is 37.8 Å². The standard InChI is InChI=1S/C13H14BrN3/c1-15-7-11-8-16-13(17-9-11)6-10-3-2-4-12(14)5-10/h2-5,8-9,15H,6-7H2,1H3. The lowest BCUT2D eigenvalue weighted by atomic mass is 10.1. The number of benzene rings is 1. The fourth-order valence-corrected chi connectivity index (χ4v) is 2.04. The molecule has 0 spiro atoms. The van der Waals surface area contributed by atoms with Crippen molar-refractivity contribution in [2.45, 2.75) is 13.0 Å². The Labute approximate surface area is 109 Å². The second-order valence-corrected chi connectivity index (χ2v) is 4.76. The van der Waals surface area contributed by atoms with Crippen molar-refractivity contribution in [1.29, 1.82) is 0 Å². The van der Waals surface area contributed by atoms with Crippen molar-refractivity contribution in [3.63, 3.8) is 0 Å². The van der Waals surface area contributed by atoms with Gasteiger partial charge in [0.2, 0.25) is 0 Å². The Kier molecular flexibility index (Phi) is 4.23. The summed E-state index contributed by atoms with van der Waals surface area (Å²) in [5.74, 6) is 0.850. The molecule has 2 rings (SSSR count). The van der Waals surface area contributed by atoms with Gasteiger partial charge >= 0.3 is 0 Å². The molecule has 3 nitrogen and oxygen atoms in total. The van der Waals surface area contributed by atoms with Crippen LogP contribution in [-0.2, 0) is 13.0 Å². The van der Waals surface area contributed by atoms with E-state index in [-0.39, 0.29) is 0 Å². The van der Waals surface area contributed by atoms with Crippen LogP contribution in [0.25, 0.3) is 0 Å². The van der Waals surface area contributed by atoms with Crippen molar-refractivity contribution < 1.29 is 0 Å². The maximum Gasteiger partial charge on any atom is 0.132 e. The van der Waals surface area contributed by atoms with Crippen LogP contribution in [0.1, 0.15) is 17.0 Å². The first-order chi connectivity index (χ1) is 8.28. The predicted octanol–water partition coefficient (Wildman–Crippen LogP) is 2.55. The lowest BCUT2D eigenvalue weighted by Crippen LogP contribution is -2.07. The summed E-state index contributed by atoms with van der Waals surface area (Å²) in [4.78, 5) is 8.71. The van der Waals surface area contributed by atoms with Crippen LogP contribution in [0.5, 0.6) is 0 Å². The quantitative estimate of drug-likeness (QED) is 0.941. The monoisotopic (exact) mass is 291 g/mol. The van der Waals surface area contributed by atoms with E-state index in [2.05, 4.69) is 43.3 Å². The number of hydrogen-bond donors (Lipinski definition) is 1. The largest absolute Gasteiger partial charge is 0.316 e. The minimum atomic E-state index is 0.763. The maximum absolute atomic E-state index is 4.36. The average Bonchev–Trinajstić information content (AvgIpc) is 2.32. The third-order valence-electron chi connectivity index (χ3n) is 2.39. The van der Waals surface area contributed by atoms with Gasteiger partial charge in [0.25, 0.3) is 0 Å². The molecule has 88 valence electrons. The third kappa shape index (κ3) is 3.61. The van der Waals surface area contributed by atoms with E-state index in [1.807, 2.05) is 31.6 Å². The molecule has 0 saturated carbocycles. The molecule has 1 heterocycles. The van der Waals surface area contributed by atoms with E-state index >= 15 is 0 Å². The molecule has 1 aromatic carbocycles. The molecule has 0 atom stereocenters. The molecule has 0 saturated heterocycles. The summed E-state index contributed by atoms with van der Waals surface area (Å²) in [5, 5.41) is 3.07. The molecule has 1 aromatic heterocycles. The molecular formula is C13H14BrN3. The average molecular weight is 292 g/mol. The van der Waals surface area contributed by atoms with E-state index in [0.29, 0.717) is 0 Å². The number of aromatic nitrogens is 2. The summed E-state index contributed by atoms with van der Waals surface area (Å²) in [6.45, 7) is 0.803. The fourth-order valence-electron chi connectivity index (χ4n) is 1.60. The van der Waals surface area contributed by atoms with Crippen LogP contribution in [0.3, 0.4) is 0 Å². The number of rotatable bonds is 4. The van der Waals surface area contributed by atoms with Crippen LogP contribution in [0.4, 0.5) is 0 Å². The zero-order valence-electron chi connectivity index (χ0n) is 9.65. The normalized spacial score (nSPS) is 10.5. The molecule has 0 unspecified atom stereocenters. The van der Waals surface area contributed by atoms with Gasteiger partial charge in [0.15, 0.2) is 0 Å². The molecule has 17 heavy (non-hydrogen) atoms. The summed E-state index contributed by atoms with van der Waals surface area (Å²) in [6.07, 6.45) is 4.51. The molecule has 2 aromatic rings. The van der Waals surface area contributed by atoms with Crippen LogP contribution >= 0.6 is 15.9 Å². The predicted molar refractivity (Wildman–Crippen MR) is 71.7 cm³/mol. The molecule has 0 radical (unpaired) electrons. The van der Waals surface area contributed by atoms with Gasteiger partial charge in [0.05, 0.1) is 0 Å². The van der Waals surface area contributed by atoms with Crippen LogP contribution in [0.15, 0.2) is 41.1 Å². The van der Waals surface area contributed by atoms with Crippen molar-refractivity contribution >= 4 is 15.9 Å². The van der Waals surface area contributed by atoms with Crippen molar-refractivity contribution in [3.8, 4) is 0 Å². The first-order valence-corrected chi connectivity index (χ1v) is 6.26. The Bertz CT molecular complexity index is 482. The van der Waals surface area contributed by atoms with E-state index in [1.165, 1.54) is 5.56 Å². The summed E-state index contributed by atoms with van der Waals surface area (Å²) in [7, 11) is 1.91. The Balaban J connectivity index is 2.08. The van der Waals surface area contributed by atoms with Crippen molar-refractivity contribution in [1.82, 2.24) is 15.3 Å². The third-order valence-corrected chi connectivity index (χ3v) is 2.88. The summed E-state index contributed by atoms with van der Waals surface area (Å²) in [6, 6.07) is 8.20. The van der Waals surface area contributed by atoms with Crippen LogP contribution < -0.4 is 5.32 Å². The van der Waals surface area contributed by atoms with E-state index < -0.39 is 0 Å². The van der Waals surface area contributed by atoms with Gasteiger partial charge in [-0.1, -0.05) is 28.1 Å². The maximum atomic E-state index is 4.36. The van der Waals surface area contributed by atoms with Crippen LogP contribution in [-0.4, -0.2) is 17.0 Å². The lowest BCUT2D eigenvalue weighted by molar-refractivity contribution is 0.798. The van der Waals surface area contributed by atoms with Crippen LogP contribution in [0.2, 0.25) is 0 Å². The summed E-state index contributed by atoms with van der Waals surface area (Å²) >= 11 is 3.46. The first-order valence-electron chi connectivity index (χ1n) is 5.47. The second-order valence-electron chi connectivity index (χ2n) is 3.84. The van der Waals surface area contributed by atoms with E-state index in [0.717, 1.165) is 28.8 Å². The molecule has 0 aliphatic rings. The molecule has 0 bridgehead atoms. The highest BCUT2D eigenvalue weighted by atomic mass is 79.9. The Morgan fingerprint density at radius 1 is 1.18 bits per heavy atom. The first kappa shape index (κ1) is 12.2. The number of hydrogen-bond acceptors (Lipinski definition) is 3. The van der Waals surface area contributed by atoms with Crippen molar-refractivity contribution in [2.75, 3.05) is 7.05 Å². The Morgan fingerprint density at radius 2 is 1.94 bits per heavy atom. The van der Waals surface area contributed by atoms with Gasteiger partial charge in [-0.15, -0.1) is 0 Å². The highest BCUT2D eigenvalue weighted by molar-refractivity contribution is 9.10. The number of halogens is 1. The number of nitrogens with zero attached hydrogens (tertiary/aromatic N) is 2. The highest BCUT2D eigenvalue weighted by Gasteiger charge is 2.00. The minimum absolute atomic E-state index is 0.763. The molecule has 1 N–H and O–H groups in total. The smallest absolute Gasteiger partial charge is 0.132 e. The van der Waals surface area contributed by atoms with E-state index in [9.17, 15) is 0 Å². The SMILES string of the molecule is CNCc1cnc(Cc2cccc(Br)c2)nc1. The van der Waals surface area contributed by atoms with Gasteiger partial charge in [-0.2, -0.15) is 0 Å². The van der Waals surface area contributed by atoms with Crippen molar-refractivity contribution in [3.05, 3.63) is 58.1 Å². The van der Waals surface area contributed by atoms with E-state index in [4.69, 9.17) is 0 Å². The van der Waals surface area contributed by atoms with Crippen molar-refractivity contribution in [2.24, 2.45) is 0 Å². The van der Waals surface area contributed by atoms with Gasteiger partial charge in [-0.05, 0) is 24.7 Å². The van der Waals surface area contributed by atoms with Gasteiger partial charge < -0.3 is 5.32 Å². The zero-order chi connectivity index (χ0) is 12.1. The molecular weight excluding hydrogens is 278 g/mol. The second kappa shape index (κ2) is 5.89. The number of nitrogens with one attached hydrogen (secondary N) is 1. The van der Waals surface area contributed by atoms with E-state index in [1.54, 1.807) is 0 Å². The van der Waals surface area contributed by atoms with Gasteiger partial charge in [-0.3, -0.25) is 0 Å². The Hall–Kier alpha value is -1.26. The van der Waals surface area contributed by atoms with Gasteiger partial charge in [0, 0.05) is 35.4 Å². The molecule has 0 aliphatic carbocycles. The molecule has 4 heteroatoms. The Morgan fingerprint density at radius 3 is 2.59 bits per heavy atom. The minimum Gasteiger partial charge on any atom is -0.316 e. The molecule has 0 aliphatic heterocycles. The zero-order valence-corrected chi connectivity index (χ0v) is 11.2. The lowest BCUT2D eigenvalue weighted by Gasteiger charge is -2.03. The van der Waals surface area contributed by atoms with Gasteiger partial charge in [0.1, 0.15) is 5.82 Å². The van der Waals surface area contributed by atoms with Gasteiger partial charge in [-0.25, -0.2) is 9.97 Å².